The number of sulfone groups is 1. The van der Waals surface area contributed by atoms with Crippen molar-refractivity contribution in [1.82, 2.24) is 24.5 Å². The number of ether oxygens (including phenoxy) is 1. The van der Waals surface area contributed by atoms with Crippen molar-refractivity contribution in [2.75, 3.05) is 52.0 Å². The van der Waals surface area contributed by atoms with E-state index in [1.807, 2.05) is 4.90 Å². The van der Waals surface area contributed by atoms with Gasteiger partial charge >= 0.3 is 5.97 Å². The van der Waals surface area contributed by atoms with Crippen LogP contribution in [0.3, 0.4) is 0 Å². The molecule has 0 spiro atoms. The fourth-order valence-electron chi connectivity index (χ4n) is 6.72. The van der Waals surface area contributed by atoms with Gasteiger partial charge < -0.3 is 34.3 Å². The molecular formula is C32H38ClN5O8S. The Labute approximate surface area is 278 Å². The summed E-state index contributed by atoms with van der Waals surface area (Å²) in [6.45, 7) is 3.98. The third kappa shape index (κ3) is 7.04. The smallest absolute Gasteiger partial charge is 0.310 e. The number of hydrogen-bond donors (Lipinski definition) is 1. The SMILES string of the molecule is CC(=O)N1CCC(C(=O)OCN2C=C3C(=O)N(C4CCN(C(=O)[C@H](O)CS(=O)(=O)c5ccc6cc(Cl)ccc6c5)CC4)CN3C2)CC1. The second-order valence-electron chi connectivity index (χ2n) is 12.6. The van der Waals surface area contributed by atoms with Gasteiger partial charge in [-0.1, -0.05) is 23.7 Å². The topological polar surface area (TPSA) is 148 Å². The third-order valence-corrected chi connectivity index (χ3v) is 11.4. The van der Waals surface area contributed by atoms with Crippen LogP contribution in [0.5, 0.6) is 0 Å². The summed E-state index contributed by atoms with van der Waals surface area (Å²) in [4.78, 5) is 59.1. The van der Waals surface area contributed by atoms with Gasteiger partial charge in [-0.05, 0) is 60.7 Å². The molecule has 3 amide bonds. The highest BCUT2D eigenvalue weighted by Crippen LogP contribution is 2.30. The van der Waals surface area contributed by atoms with Crippen molar-refractivity contribution >= 4 is 55.9 Å². The van der Waals surface area contributed by atoms with Gasteiger partial charge in [-0.3, -0.25) is 19.2 Å². The number of nitrogens with zero attached hydrogens (tertiary/aromatic N) is 5. The van der Waals surface area contributed by atoms with Gasteiger partial charge in [-0.25, -0.2) is 8.42 Å². The van der Waals surface area contributed by atoms with Crippen LogP contribution in [0.1, 0.15) is 32.6 Å². The van der Waals surface area contributed by atoms with Crippen molar-refractivity contribution in [3.8, 4) is 0 Å². The number of carbonyl (C=O) groups is 4. The largest absolute Gasteiger partial charge is 0.444 e. The van der Waals surface area contributed by atoms with Crippen LogP contribution in [0, 0.1) is 5.92 Å². The van der Waals surface area contributed by atoms with Crippen molar-refractivity contribution in [2.24, 2.45) is 5.92 Å². The Morgan fingerprint density at radius 1 is 0.957 bits per heavy atom. The van der Waals surface area contributed by atoms with Gasteiger partial charge in [-0.2, -0.15) is 0 Å². The van der Waals surface area contributed by atoms with Crippen LogP contribution in [-0.2, 0) is 33.8 Å². The van der Waals surface area contributed by atoms with E-state index in [1.165, 1.54) is 24.0 Å². The lowest BCUT2D eigenvalue weighted by Crippen LogP contribution is -2.51. The van der Waals surface area contributed by atoms with Gasteiger partial charge in [0.25, 0.3) is 11.8 Å². The lowest BCUT2D eigenvalue weighted by Gasteiger charge is -2.37. The highest BCUT2D eigenvalue weighted by atomic mass is 35.5. The van der Waals surface area contributed by atoms with Crippen molar-refractivity contribution < 1.29 is 37.4 Å². The zero-order valence-electron chi connectivity index (χ0n) is 26.1. The number of hydrogen-bond acceptors (Lipinski definition) is 10. The number of carbonyl (C=O) groups excluding carboxylic acids is 4. The lowest BCUT2D eigenvalue weighted by molar-refractivity contribution is -0.155. The third-order valence-electron chi connectivity index (χ3n) is 9.46. The van der Waals surface area contributed by atoms with Crippen molar-refractivity contribution in [1.29, 1.82) is 0 Å². The van der Waals surface area contributed by atoms with Crippen LogP contribution in [0.15, 0.2) is 53.2 Å². The molecule has 2 aromatic rings. The molecule has 1 atom stereocenters. The molecule has 3 saturated heterocycles. The number of aliphatic hydroxyl groups is 1. The average Bonchev–Trinajstić information content (AvgIpc) is 3.60. The number of esters is 1. The zero-order valence-corrected chi connectivity index (χ0v) is 27.7. The number of fused-ring (bicyclic) bond motifs is 2. The molecule has 0 aliphatic carbocycles. The van der Waals surface area contributed by atoms with E-state index in [0.717, 1.165) is 5.39 Å². The maximum Gasteiger partial charge on any atom is 0.310 e. The molecule has 1 N–H and O–H groups in total. The molecular weight excluding hydrogens is 650 g/mol. The van der Waals surface area contributed by atoms with Gasteiger partial charge in [0.2, 0.25) is 5.91 Å². The molecule has 13 nitrogen and oxygen atoms in total. The van der Waals surface area contributed by atoms with E-state index in [-0.39, 0.29) is 54.5 Å². The average molecular weight is 688 g/mol. The molecule has 4 heterocycles. The van der Waals surface area contributed by atoms with E-state index < -0.39 is 27.6 Å². The van der Waals surface area contributed by atoms with Gasteiger partial charge in [0.1, 0.15) is 11.8 Å². The maximum absolute atomic E-state index is 13.3. The van der Waals surface area contributed by atoms with Crippen molar-refractivity contribution in [2.45, 2.75) is 49.6 Å². The van der Waals surface area contributed by atoms with Crippen LogP contribution >= 0.6 is 11.6 Å². The summed E-state index contributed by atoms with van der Waals surface area (Å²) >= 11 is 6.02. The summed E-state index contributed by atoms with van der Waals surface area (Å²) in [6.07, 6.45) is 2.13. The minimum Gasteiger partial charge on any atom is -0.444 e. The van der Waals surface area contributed by atoms with Crippen LogP contribution in [0.2, 0.25) is 5.02 Å². The fraction of sp³-hybridized carbons (Fsp3) is 0.500. The highest BCUT2D eigenvalue weighted by molar-refractivity contribution is 7.91. The molecule has 4 aliphatic heterocycles. The number of likely N-dealkylation sites (tertiary alicyclic amines) is 2. The normalized spacial score (nSPS) is 20.1. The van der Waals surface area contributed by atoms with Crippen molar-refractivity contribution in [3.63, 3.8) is 0 Å². The first-order chi connectivity index (χ1) is 22.4. The lowest BCUT2D eigenvalue weighted by atomic mass is 9.97. The van der Waals surface area contributed by atoms with E-state index in [4.69, 9.17) is 16.3 Å². The molecule has 6 rings (SSSR count). The number of piperidine rings is 2. The summed E-state index contributed by atoms with van der Waals surface area (Å²) in [6, 6.07) is 9.58. The predicted octanol–water partition coefficient (Wildman–Crippen LogP) is 1.59. The van der Waals surface area contributed by atoms with Crippen LogP contribution < -0.4 is 0 Å². The zero-order chi connectivity index (χ0) is 33.5. The van der Waals surface area contributed by atoms with Crippen molar-refractivity contribution in [3.05, 3.63) is 53.3 Å². The Morgan fingerprint density at radius 2 is 1.62 bits per heavy atom. The Morgan fingerprint density at radius 3 is 2.30 bits per heavy atom. The van der Waals surface area contributed by atoms with E-state index in [9.17, 15) is 32.7 Å². The minimum atomic E-state index is -3.95. The Hall–Kier alpha value is -3.88. The summed E-state index contributed by atoms with van der Waals surface area (Å²) in [7, 11) is -3.95. The van der Waals surface area contributed by atoms with Crippen LogP contribution in [0.25, 0.3) is 10.8 Å². The molecule has 4 aliphatic rings. The molecule has 0 bridgehead atoms. The predicted molar refractivity (Wildman–Crippen MR) is 171 cm³/mol. The monoisotopic (exact) mass is 687 g/mol. The van der Waals surface area contributed by atoms with Crippen LogP contribution in [-0.4, -0.2) is 126 Å². The van der Waals surface area contributed by atoms with Gasteiger partial charge in [0.05, 0.1) is 29.9 Å². The summed E-state index contributed by atoms with van der Waals surface area (Å²) in [5, 5.41) is 12.6. The minimum absolute atomic E-state index is 0.00556. The number of rotatable bonds is 8. The summed E-state index contributed by atoms with van der Waals surface area (Å²) in [5.74, 6) is -2.05. The molecule has 2 aromatic carbocycles. The van der Waals surface area contributed by atoms with Gasteiger partial charge in [0, 0.05) is 50.4 Å². The quantitative estimate of drug-likeness (QED) is 0.406. The van der Waals surface area contributed by atoms with E-state index >= 15 is 0 Å². The Bertz CT molecular complexity index is 1720. The highest BCUT2D eigenvalue weighted by Gasteiger charge is 2.42. The first kappa shape index (κ1) is 33.0. The maximum atomic E-state index is 13.3. The van der Waals surface area contributed by atoms with E-state index in [2.05, 4.69) is 0 Å². The summed E-state index contributed by atoms with van der Waals surface area (Å²) < 4.78 is 31.6. The first-order valence-corrected chi connectivity index (χ1v) is 17.8. The second-order valence-corrected chi connectivity index (χ2v) is 15.1. The molecule has 0 saturated carbocycles. The first-order valence-electron chi connectivity index (χ1n) is 15.7. The number of amides is 3. The molecule has 15 heteroatoms. The molecule has 0 aromatic heterocycles. The number of benzene rings is 2. The fourth-order valence-corrected chi connectivity index (χ4v) is 8.24. The number of halogens is 1. The molecule has 0 unspecified atom stereocenters. The van der Waals surface area contributed by atoms with Crippen LogP contribution in [0.4, 0.5) is 0 Å². The summed E-state index contributed by atoms with van der Waals surface area (Å²) in [5.41, 5.74) is 0.520. The van der Waals surface area contributed by atoms with E-state index in [0.29, 0.717) is 68.2 Å². The molecule has 252 valence electrons. The second kappa shape index (κ2) is 13.3. The molecule has 3 fully saturated rings. The Balaban J connectivity index is 0.964. The molecule has 47 heavy (non-hydrogen) atoms. The van der Waals surface area contributed by atoms with Gasteiger partial charge in [0.15, 0.2) is 16.6 Å². The standard InChI is InChI=1S/C32H38ClN5O8S/c1-21(39)35-10-6-22(7-11-35)32(43)46-20-34-16-28-30(41)38(19-37(28)18-34)26-8-12-36(13-9-26)31(42)29(40)17-47(44,45)27-5-3-23-14-25(33)4-2-24(23)15-27/h2-5,14-16,22,26,29,40H,6-13,17-20H2,1H3/t29-/m1/s1. The molecule has 0 radical (unpaired) electrons. The van der Waals surface area contributed by atoms with E-state index in [1.54, 1.807) is 45.2 Å². The van der Waals surface area contributed by atoms with Gasteiger partial charge in [-0.15, -0.1) is 0 Å². The number of aliphatic hydroxyl groups excluding tert-OH is 1. The Kier molecular flexibility index (Phi) is 9.36.